The van der Waals surface area contributed by atoms with Crippen LogP contribution in [0.5, 0.6) is 5.75 Å². The van der Waals surface area contributed by atoms with Gasteiger partial charge in [0.25, 0.3) is 0 Å². The number of amides is 1. The summed E-state index contributed by atoms with van der Waals surface area (Å²) in [5, 5.41) is 8.92. The van der Waals surface area contributed by atoms with Gasteiger partial charge in [-0.3, -0.25) is 9.59 Å². The Kier molecular flexibility index (Phi) is 4.61. The highest BCUT2D eigenvalue weighted by Gasteiger charge is 2.30. The zero-order valence-electron chi connectivity index (χ0n) is 11.5. The van der Waals surface area contributed by atoms with Gasteiger partial charge in [0.2, 0.25) is 5.91 Å². The lowest BCUT2D eigenvalue weighted by molar-refractivity contribution is -0.141. The molecule has 1 aliphatic heterocycles. The van der Waals surface area contributed by atoms with Crippen molar-refractivity contribution >= 4 is 11.9 Å². The van der Waals surface area contributed by atoms with E-state index in [0.29, 0.717) is 32.4 Å². The summed E-state index contributed by atoms with van der Waals surface area (Å²) in [5.74, 6) is -0.385. The molecule has 0 aromatic heterocycles. The van der Waals surface area contributed by atoms with E-state index < -0.39 is 11.9 Å². The number of carbonyl (C=O) groups is 2. The number of rotatable bonds is 5. The molecule has 0 aliphatic carbocycles. The van der Waals surface area contributed by atoms with Crippen molar-refractivity contribution in [3.63, 3.8) is 0 Å². The molecule has 1 aliphatic rings. The van der Waals surface area contributed by atoms with Gasteiger partial charge in [-0.05, 0) is 30.5 Å². The van der Waals surface area contributed by atoms with Crippen LogP contribution in [0, 0.1) is 5.92 Å². The number of methoxy groups -OCH3 is 1. The number of hydrogen-bond donors (Lipinski definition) is 1. The number of likely N-dealkylation sites (tertiary alicyclic amines) is 1. The number of ether oxygens (including phenoxy) is 1. The second kappa shape index (κ2) is 6.41. The van der Waals surface area contributed by atoms with Crippen LogP contribution >= 0.6 is 0 Å². The monoisotopic (exact) mass is 277 g/mol. The van der Waals surface area contributed by atoms with Crippen molar-refractivity contribution in [1.82, 2.24) is 4.90 Å². The third-order valence-electron chi connectivity index (χ3n) is 3.68. The standard InChI is InChI=1S/C15H19NO4/c1-20-13-5-2-11(3-6-13)4-7-14(17)16-9-8-12(10-16)15(18)19/h2-3,5-6,12H,4,7-10H2,1H3,(H,18,19)/t12-/m0/s1. The number of hydrogen-bond acceptors (Lipinski definition) is 3. The molecule has 1 heterocycles. The van der Waals surface area contributed by atoms with Crippen LogP contribution < -0.4 is 4.74 Å². The fourth-order valence-corrected chi connectivity index (χ4v) is 2.39. The van der Waals surface area contributed by atoms with E-state index >= 15 is 0 Å². The van der Waals surface area contributed by atoms with Crippen molar-refractivity contribution in [3.8, 4) is 5.75 Å². The number of carbonyl (C=O) groups excluding carboxylic acids is 1. The van der Waals surface area contributed by atoms with Crippen LogP contribution in [0.25, 0.3) is 0 Å². The largest absolute Gasteiger partial charge is 0.497 e. The van der Waals surface area contributed by atoms with Crippen LogP contribution in [-0.2, 0) is 16.0 Å². The van der Waals surface area contributed by atoms with Crippen LogP contribution in [0.15, 0.2) is 24.3 Å². The maximum absolute atomic E-state index is 12.0. The molecule has 1 N–H and O–H groups in total. The van der Waals surface area contributed by atoms with Gasteiger partial charge < -0.3 is 14.7 Å². The Morgan fingerprint density at radius 1 is 1.35 bits per heavy atom. The van der Waals surface area contributed by atoms with Crippen molar-refractivity contribution in [2.45, 2.75) is 19.3 Å². The van der Waals surface area contributed by atoms with E-state index in [4.69, 9.17) is 9.84 Å². The summed E-state index contributed by atoms with van der Waals surface area (Å²) in [6.45, 7) is 0.898. The molecule has 1 atom stereocenters. The lowest BCUT2D eigenvalue weighted by Gasteiger charge is -2.15. The Hall–Kier alpha value is -2.04. The average molecular weight is 277 g/mol. The molecule has 0 spiro atoms. The van der Waals surface area contributed by atoms with Crippen molar-refractivity contribution in [1.29, 1.82) is 0 Å². The van der Waals surface area contributed by atoms with Crippen LogP contribution in [0.3, 0.4) is 0 Å². The van der Waals surface area contributed by atoms with Crippen LogP contribution in [0.2, 0.25) is 0 Å². The molecule has 0 radical (unpaired) electrons. The first-order chi connectivity index (χ1) is 9.60. The predicted molar refractivity (Wildman–Crippen MR) is 73.6 cm³/mol. The summed E-state index contributed by atoms with van der Waals surface area (Å²) in [6, 6.07) is 7.62. The minimum atomic E-state index is -0.810. The fraction of sp³-hybridized carbons (Fsp3) is 0.467. The number of aryl methyl sites for hydroxylation is 1. The summed E-state index contributed by atoms with van der Waals surface area (Å²) >= 11 is 0. The molecule has 108 valence electrons. The SMILES string of the molecule is COc1ccc(CCC(=O)N2CC[C@H](C(=O)O)C2)cc1. The predicted octanol–water partition coefficient (Wildman–Crippen LogP) is 1.56. The molecule has 0 saturated carbocycles. The second-order valence-corrected chi connectivity index (χ2v) is 5.01. The van der Waals surface area contributed by atoms with Gasteiger partial charge in [-0.15, -0.1) is 0 Å². The first-order valence-corrected chi connectivity index (χ1v) is 6.73. The molecule has 0 bridgehead atoms. The van der Waals surface area contributed by atoms with Gasteiger partial charge in [-0.25, -0.2) is 0 Å². The number of carboxylic acids is 1. The highest BCUT2D eigenvalue weighted by Crippen LogP contribution is 2.18. The Bertz CT molecular complexity index is 483. The third kappa shape index (κ3) is 3.50. The van der Waals surface area contributed by atoms with E-state index in [9.17, 15) is 9.59 Å². The highest BCUT2D eigenvalue weighted by atomic mass is 16.5. The van der Waals surface area contributed by atoms with Crippen molar-refractivity contribution in [2.75, 3.05) is 20.2 Å². The first kappa shape index (κ1) is 14.4. The van der Waals surface area contributed by atoms with E-state index in [0.717, 1.165) is 11.3 Å². The molecular weight excluding hydrogens is 258 g/mol. The molecule has 20 heavy (non-hydrogen) atoms. The molecule has 2 rings (SSSR count). The highest BCUT2D eigenvalue weighted by molar-refractivity contribution is 5.78. The van der Waals surface area contributed by atoms with Gasteiger partial charge in [0.1, 0.15) is 5.75 Å². The Morgan fingerprint density at radius 2 is 2.05 bits per heavy atom. The fourth-order valence-electron chi connectivity index (χ4n) is 2.39. The van der Waals surface area contributed by atoms with Gasteiger partial charge in [0.15, 0.2) is 0 Å². The quantitative estimate of drug-likeness (QED) is 0.887. The van der Waals surface area contributed by atoms with Gasteiger partial charge in [0.05, 0.1) is 13.0 Å². The second-order valence-electron chi connectivity index (χ2n) is 5.01. The zero-order chi connectivity index (χ0) is 14.5. The van der Waals surface area contributed by atoms with Gasteiger partial charge in [-0.1, -0.05) is 12.1 Å². The number of carboxylic acid groups (broad SMARTS) is 1. The summed E-state index contributed by atoms with van der Waals surface area (Å²) in [7, 11) is 1.62. The number of nitrogens with zero attached hydrogens (tertiary/aromatic N) is 1. The Labute approximate surface area is 118 Å². The van der Waals surface area contributed by atoms with Crippen molar-refractivity contribution in [2.24, 2.45) is 5.92 Å². The van der Waals surface area contributed by atoms with E-state index in [1.54, 1.807) is 12.0 Å². The van der Waals surface area contributed by atoms with E-state index in [2.05, 4.69) is 0 Å². The molecule has 1 amide bonds. The van der Waals surface area contributed by atoms with E-state index in [1.165, 1.54) is 0 Å². The Balaban J connectivity index is 1.81. The summed E-state index contributed by atoms with van der Waals surface area (Å²) in [5.41, 5.74) is 1.08. The number of benzene rings is 1. The third-order valence-corrected chi connectivity index (χ3v) is 3.68. The molecule has 1 saturated heterocycles. The van der Waals surface area contributed by atoms with Gasteiger partial charge in [0, 0.05) is 19.5 Å². The topological polar surface area (TPSA) is 66.8 Å². The van der Waals surface area contributed by atoms with E-state index in [1.807, 2.05) is 24.3 Å². The first-order valence-electron chi connectivity index (χ1n) is 6.73. The van der Waals surface area contributed by atoms with Crippen LogP contribution in [-0.4, -0.2) is 42.1 Å². The summed E-state index contributed by atoms with van der Waals surface area (Å²) < 4.78 is 5.08. The summed E-state index contributed by atoms with van der Waals surface area (Å²) in [4.78, 5) is 24.5. The molecule has 5 heteroatoms. The molecular formula is C15H19NO4. The molecule has 1 aromatic carbocycles. The molecule has 1 aromatic rings. The van der Waals surface area contributed by atoms with Crippen molar-refractivity contribution in [3.05, 3.63) is 29.8 Å². The molecule has 5 nitrogen and oxygen atoms in total. The summed E-state index contributed by atoms with van der Waals surface area (Å²) in [6.07, 6.45) is 1.64. The normalized spacial score (nSPS) is 18.1. The number of aliphatic carboxylic acids is 1. The van der Waals surface area contributed by atoms with E-state index in [-0.39, 0.29) is 5.91 Å². The smallest absolute Gasteiger partial charge is 0.308 e. The van der Waals surface area contributed by atoms with Crippen LogP contribution in [0.4, 0.5) is 0 Å². The Morgan fingerprint density at radius 3 is 2.60 bits per heavy atom. The lowest BCUT2D eigenvalue weighted by Crippen LogP contribution is -2.30. The maximum Gasteiger partial charge on any atom is 0.308 e. The minimum Gasteiger partial charge on any atom is -0.497 e. The molecule has 0 unspecified atom stereocenters. The van der Waals surface area contributed by atoms with Crippen LogP contribution in [0.1, 0.15) is 18.4 Å². The molecule has 1 fully saturated rings. The minimum absolute atomic E-state index is 0.0320. The zero-order valence-corrected chi connectivity index (χ0v) is 11.5. The average Bonchev–Trinajstić information content (AvgIpc) is 2.95. The van der Waals surface area contributed by atoms with Gasteiger partial charge >= 0.3 is 5.97 Å². The lowest BCUT2D eigenvalue weighted by atomic mass is 10.1. The maximum atomic E-state index is 12.0. The van der Waals surface area contributed by atoms with Crippen molar-refractivity contribution < 1.29 is 19.4 Å². The van der Waals surface area contributed by atoms with Gasteiger partial charge in [-0.2, -0.15) is 0 Å².